The van der Waals surface area contributed by atoms with Crippen LogP contribution in [0.5, 0.6) is 5.75 Å². The number of ether oxygens (including phenoxy) is 1. The van der Waals surface area contributed by atoms with Crippen molar-refractivity contribution < 1.29 is 14.3 Å². The Morgan fingerprint density at radius 1 is 1.16 bits per heavy atom. The fraction of sp³-hybridized carbons (Fsp3) is 0.263. The standard InChI is InChI=1S/C19H21BrN2O3/c1-14-11-16(7-8-17(14)20)25-13-19(24)22(10-9-18(21)23)12-15-5-3-2-4-6-15/h2-8,11H,9-10,12-13H2,1H3,(H2,21,23). The summed E-state index contributed by atoms with van der Waals surface area (Å²) in [6.07, 6.45) is 0.121. The summed E-state index contributed by atoms with van der Waals surface area (Å²) in [6.45, 7) is 2.54. The molecule has 0 aliphatic rings. The number of aryl methyl sites for hydroxylation is 1. The van der Waals surface area contributed by atoms with Gasteiger partial charge < -0.3 is 15.4 Å². The predicted octanol–water partition coefficient (Wildman–Crippen LogP) is 3.04. The minimum Gasteiger partial charge on any atom is -0.484 e. The third-order valence-electron chi connectivity index (χ3n) is 3.69. The topological polar surface area (TPSA) is 72.6 Å². The van der Waals surface area contributed by atoms with Crippen LogP contribution in [0.2, 0.25) is 0 Å². The summed E-state index contributed by atoms with van der Waals surface area (Å²) < 4.78 is 6.59. The molecule has 2 amide bonds. The van der Waals surface area contributed by atoms with E-state index in [9.17, 15) is 9.59 Å². The minimum absolute atomic E-state index is 0.0906. The van der Waals surface area contributed by atoms with Crippen LogP contribution < -0.4 is 10.5 Å². The maximum atomic E-state index is 12.5. The second-order valence-corrected chi connectivity index (χ2v) is 6.57. The van der Waals surface area contributed by atoms with Crippen LogP contribution in [0.4, 0.5) is 0 Å². The van der Waals surface area contributed by atoms with E-state index in [-0.39, 0.29) is 25.5 Å². The van der Waals surface area contributed by atoms with Gasteiger partial charge in [0.1, 0.15) is 5.75 Å². The minimum atomic E-state index is -0.435. The Morgan fingerprint density at radius 3 is 2.52 bits per heavy atom. The number of rotatable bonds is 8. The molecule has 0 atom stereocenters. The number of benzene rings is 2. The second-order valence-electron chi connectivity index (χ2n) is 5.72. The first-order valence-electron chi connectivity index (χ1n) is 7.94. The van der Waals surface area contributed by atoms with Crippen molar-refractivity contribution in [2.24, 2.45) is 5.73 Å². The van der Waals surface area contributed by atoms with Crippen molar-refractivity contribution in [3.8, 4) is 5.75 Å². The lowest BCUT2D eigenvalue weighted by atomic mass is 10.2. The average Bonchev–Trinajstić information content (AvgIpc) is 2.60. The van der Waals surface area contributed by atoms with Crippen LogP contribution in [0.15, 0.2) is 53.0 Å². The molecule has 0 aromatic heterocycles. The Kier molecular flexibility index (Phi) is 7.01. The first-order chi connectivity index (χ1) is 12.0. The second kappa shape index (κ2) is 9.22. The van der Waals surface area contributed by atoms with Crippen LogP contribution in [0.25, 0.3) is 0 Å². The highest BCUT2D eigenvalue weighted by molar-refractivity contribution is 9.10. The molecule has 2 rings (SSSR count). The molecular weight excluding hydrogens is 384 g/mol. The van der Waals surface area contributed by atoms with Crippen LogP contribution in [0.1, 0.15) is 17.5 Å². The summed E-state index contributed by atoms with van der Waals surface area (Å²) in [5.41, 5.74) is 7.23. The van der Waals surface area contributed by atoms with Gasteiger partial charge in [-0.2, -0.15) is 0 Å². The van der Waals surface area contributed by atoms with E-state index < -0.39 is 5.91 Å². The van der Waals surface area contributed by atoms with Crippen molar-refractivity contribution in [3.63, 3.8) is 0 Å². The number of carbonyl (C=O) groups excluding carboxylic acids is 2. The van der Waals surface area contributed by atoms with E-state index in [1.54, 1.807) is 11.0 Å². The molecule has 25 heavy (non-hydrogen) atoms. The quantitative estimate of drug-likeness (QED) is 0.734. The smallest absolute Gasteiger partial charge is 0.260 e. The Balaban J connectivity index is 2.00. The van der Waals surface area contributed by atoms with Gasteiger partial charge in [-0.05, 0) is 36.2 Å². The third kappa shape index (κ3) is 6.23. The maximum Gasteiger partial charge on any atom is 0.260 e. The molecule has 132 valence electrons. The molecule has 0 unspecified atom stereocenters. The van der Waals surface area contributed by atoms with Gasteiger partial charge in [-0.15, -0.1) is 0 Å². The van der Waals surface area contributed by atoms with Crippen molar-refractivity contribution in [2.75, 3.05) is 13.2 Å². The number of primary amides is 1. The highest BCUT2D eigenvalue weighted by Crippen LogP contribution is 2.21. The van der Waals surface area contributed by atoms with E-state index in [2.05, 4.69) is 15.9 Å². The van der Waals surface area contributed by atoms with Crippen molar-refractivity contribution >= 4 is 27.7 Å². The molecule has 2 aromatic carbocycles. The first kappa shape index (κ1) is 19.0. The van der Waals surface area contributed by atoms with Gasteiger partial charge in [-0.3, -0.25) is 9.59 Å². The molecule has 0 saturated heterocycles. The highest BCUT2D eigenvalue weighted by atomic mass is 79.9. The number of halogens is 1. The van der Waals surface area contributed by atoms with Crippen LogP contribution >= 0.6 is 15.9 Å². The molecule has 0 saturated carbocycles. The lowest BCUT2D eigenvalue weighted by Crippen LogP contribution is -2.36. The van der Waals surface area contributed by atoms with E-state index in [1.165, 1.54) is 0 Å². The zero-order chi connectivity index (χ0) is 18.2. The monoisotopic (exact) mass is 404 g/mol. The number of hydrogen-bond donors (Lipinski definition) is 1. The lowest BCUT2D eigenvalue weighted by molar-refractivity contribution is -0.134. The molecule has 0 aliphatic carbocycles. The molecule has 0 spiro atoms. The molecule has 0 fully saturated rings. The van der Waals surface area contributed by atoms with E-state index >= 15 is 0 Å². The maximum absolute atomic E-state index is 12.5. The third-order valence-corrected chi connectivity index (χ3v) is 4.58. The zero-order valence-corrected chi connectivity index (χ0v) is 15.7. The van der Waals surface area contributed by atoms with Crippen LogP contribution in [0.3, 0.4) is 0 Å². The molecule has 0 heterocycles. The summed E-state index contributed by atoms with van der Waals surface area (Å²) in [5, 5.41) is 0. The van der Waals surface area contributed by atoms with Gasteiger partial charge in [-0.1, -0.05) is 46.3 Å². The Morgan fingerprint density at radius 2 is 1.88 bits per heavy atom. The first-order valence-corrected chi connectivity index (χ1v) is 8.74. The molecular formula is C19H21BrN2O3. The Bertz CT molecular complexity index is 735. The van der Waals surface area contributed by atoms with E-state index in [1.807, 2.05) is 49.4 Å². The molecule has 2 N–H and O–H groups in total. The van der Waals surface area contributed by atoms with Gasteiger partial charge in [0.25, 0.3) is 5.91 Å². The molecule has 0 radical (unpaired) electrons. The summed E-state index contributed by atoms with van der Waals surface area (Å²) in [4.78, 5) is 25.2. The SMILES string of the molecule is Cc1cc(OCC(=O)N(CCC(N)=O)Cc2ccccc2)ccc1Br. The number of nitrogens with zero attached hydrogens (tertiary/aromatic N) is 1. The molecule has 2 aromatic rings. The van der Waals surface area contributed by atoms with Crippen molar-refractivity contribution in [3.05, 3.63) is 64.1 Å². The predicted molar refractivity (Wildman–Crippen MR) is 100 cm³/mol. The van der Waals surface area contributed by atoms with Crippen LogP contribution in [-0.4, -0.2) is 29.9 Å². The summed E-state index contributed by atoms with van der Waals surface area (Å²) in [6, 6.07) is 15.1. The zero-order valence-electron chi connectivity index (χ0n) is 14.1. The van der Waals surface area contributed by atoms with Gasteiger partial charge >= 0.3 is 0 Å². The fourth-order valence-corrected chi connectivity index (χ4v) is 2.53. The Labute approximate surface area is 155 Å². The largest absolute Gasteiger partial charge is 0.484 e. The molecule has 6 heteroatoms. The van der Waals surface area contributed by atoms with Crippen LogP contribution in [-0.2, 0) is 16.1 Å². The number of hydrogen-bond acceptors (Lipinski definition) is 3. The fourth-order valence-electron chi connectivity index (χ4n) is 2.28. The highest BCUT2D eigenvalue weighted by Gasteiger charge is 2.16. The van der Waals surface area contributed by atoms with E-state index in [0.717, 1.165) is 15.6 Å². The van der Waals surface area contributed by atoms with Crippen LogP contribution in [0, 0.1) is 6.92 Å². The number of nitrogens with two attached hydrogens (primary N) is 1. The summed E-state index contributed by atoms with van der Waals surface area (Å²) in [5.74, 6) is 0.00426. The average molecular weight is 405 g/mol. The Hall–Kier alpha value is -2.34. The van der Waals surface area contributed by atoms with Gasteiger partial charge in [0.05, 0.1) is 0 Å². The van der Waals surface area contributed by atoms with E-state index in [0.29, 0.717) is 12.3 Å². The summed E-state index contributed by atoms with van der Waals surface area (Å²) in [7, 11) is 0. The number of amides is 2. The molecule has 0 aliphatic heterocycles. The van der Waals surface area contributed by atoms with Gasteiger partial charge in [-0.25, -0.2) is 0 Å². The summed E-state index contributed by atoms with van der Waals surface area (Å²) >= 11 is 3.43. The van der Waals surface area contributed by atoms with Crippen molar-refractivity contribution in [1.29, 1.82) is 0 Å². The molecule has 0 bridgehead atoms. The van der Waals surface area contributed by atoms with Crippen molar-refractivity contribution in [2.45, 2.75) is 19.9 Å². The van der Waals surface area contributed by atoms with Gasteiger partial charge in [0, 0.05) is 24.0 Å². The van der Waals surface area contributed by atoms with Crippen molar-refractivity contribution in [1.82, 2.24) is 4.90 Å². The molecule has 5 nitrogen and oxygen atoms in total. The normalized spacial score (nSPS) is 10.3. The lowest BCUT2D eigenvalue weighted by Gasteiger charge is -2.22. The van der Waals surface area contributed by atoms with Gasteiger partial charge in [0.2, 0.25) is 5.91 Å². The number of carbonyl (C=O) groups is 2. The van der Waals surface area contributed by atoms with E-state index in [4.69, 9.17) is 10.5 Å². The van der Waals surface area contributed by atoms with Gasteiger partial charge in [0.15, 0.2) is 6.61 Å².